The molecule has 1 amide bonds. The molecule has 0 aromatic carbocycles. The minimum absolute atomic E-state index is 0.0253. The summed E-state index contributed by atoms with van der Waals surface area (Å²) in [7, 11) is 1.56. The molecule has 2 aromatic heterocycles. The summed E-state index contributed by atoms with van der Waals surface area (Å²) in [5.74, 6) is 0.459. The molecule has 0 N–H and O–H groups in total. The Kier molecular flexibility index (Phi) is 4.52. The van der Waals surface area contributed by atoms with Crippen molar-refractivity contribution in [2.75, 3.05) is 26.2 Å². The van der Waals surface area contributed by atoms with Crippen LogP contribution in [0.2, 0.25) is 0 Å². The molecule has 0 bridgehead atoms. The molecule has 4 rings (SSSR count). The van der Waals surface area contributed by atoms with Crippen molar-refractivity contribution in [2.45, 2.75) is 19.9 Å². The van der Waals surface area contributed by atoms with E-state index in [4.69, 9.17) is 0 Å². The summed E-state index contributed by atoms with van der Waals surface area (Å²) in [6, 6.07) is 0. The number of hydrogen-bond acceptors (Lipinski definition) is 5. The van der Waals surface area contributed by atoms with Crippen LogP contribution in [0, 0.1) is 18.8 Å². The molecule has 6 nitrogen and oxygen atoms in total. The minimum atomic E-state index is -2.74. The van der Waals surface area contributed by atoms with Gasteiger partial charge in [0.25, 0.3) is 12.3 Å². The first kappa shape index (κ1) is 17.5. The number of amides is 1. The molecule has 140 valence electrons. The Bertz CT molecular complexity index is 806. The topological polar surface area (TPSA) is 54.3 Å². The van der Waals surface area contributed by atoms with Gasteiger partial charge in [-0.1, -0.05) is 0 Å². The lowest BCUT2D eigenvalue weighted by molar-refractivity contribution is 0.0760. The number of likely N-dealkylation sites (tertiary alicyclic amines) is 2. The summed E-state index contributed by atoms with van der Waals surface area (Å²) in [4.78, 5) is 21.3. The lowest BCUT2D eigenvalue weighted by Crippen LogP contribution is -2.33. The molecule has 2 atom stereocenters. The third-order valence-electron chi connectivity index (χ3n) is 5.20. The molecule has 2 fully saturated rings. The average molecular weight is 381 g/mol. The zero-order valence-corrected chi connectivity index (χ0v) is 15.5. The van der Waals surface area contributed by atoms with Crippen LogP contribution in [0.4, 0.5) is 8.78 Å². The fourth-order valence-corrected chi connectivity index (χ4v) is 4.70. The van der Waals surface area contributed by atoms with Crippen LogP contribution in [0.15, 0.2) is 11.6 Å². The highest BCUT2D eigenvalue weighted by Crippen LogP contribution is 2.33. The smallest absolute Gasteiger partial charge is 0.282 e. The molecular weight excluding hydrogens is 360 g/mol. The van der Waals surface area contributed by atoms with Gasteiger partial charge in [-0.05, 0) is 18.8 Å². The number of aryl methyl sites for hydroxylation is 2. The van der Waals surface area contributed by atoms with Gasteiger partial charge in [-0.25, -0.2) is 13.8 Å². The van der Waals surface area contributed by atoms with Gasteiger partial charge in [0.1, 0.15) is 5.69 Å². The van der Waals surface area contributed by atoms with Gasteiger partial charge in [0.15, 0.2) is 0 Å². The first-order chi connectivity index (χ1) is 12.4. The van der Waals surface area contributed by atoms with Crippen molar-refractivity contribution >= 4 is 17.2 Å². The molecule has 2 aliphatic heterocycles. The number of rotatable bonds is 4. The SMILES string of the molecule is Cc1nc(CN2C[C@@H]3CN(C(=O)c4cn(C)nc4C(F)F)C[C@H]3C2)cs1. The van der Waals surface area contributed by atoms with Gasteiger partial charge < -0.3 is 4.90 Å². The molecule has 0 aliphatic carbocycles. The van der Waals surface area contributed by atoms with Crippen molar-refractivity contribution < 1.29 is 13.6 Å². The van der Waals surface area contributed by atoms with E-state index in [1.165, 1.54) is 10.9 Å². The summed E-state index contributed by atoms with van der Waals surface area (Å²) >= 11 is 1.66. The maximum Gasteiger partial charge on any atom is 0.282 e. The highest BCUT2D eigenvalue weighted by Gasteiger charge is 2.42. The highest BCUT2D eigenvalue weighted by atomic mass is 32.1. The zero-order valence-electron chi connectivity index (χ0n) is 14.7. The van der Waals surface area contributed by atoms with E-state index < -0.39 is 12.1 Å². The van der Waals surface area contributed by atoms with Crippen LogP contribution in [0.3, 0.4) is 0 Å². The van der Waals surface area contributed by atoms with E-state index in [9.17, 15) is 13.6 Å². The number of hydrogen-bond donors (Lipinski definition) is 0. The van der Waals surface area contributed by atoms with E-state index in [1.807, 2.05) is 6.92 Å². The maximum atomic E-state index is 13.1. The number of carbonyl (C=O) groups excluding carboxylic acids is 1. The van der Waals surface area contributed by atoms with Crippen molar-refractivity contribution in [1.82, 2.24) is 24.6 Å². The van der Waals surface area contributed by atoms with E-state index in [-0.39, 0.29) is 11.5 Å². The number of fused-ring (bicyclic) bond motifs is 1. The molecular formula is C17H21F2N5OS. The number of halogens is 2. The third kappa shape index (κ3) is 3.25. The van der Waals surface area contributed by atoms with Crippen LogP contribution < -0.4 is 0 Å². The molecule has 9 heteroatoms. The Labute approximate surface area is 154 Å². The van der Waals surface area contributed by atoms with Crippen LogP contribution >= 0.6 is 11.3 Å². The molecule has 4 heterocycles. The van der Waals surface area contributed by atoms with Crippen LogP contribution in [0.25, 0.3) is 0 Å². The van der Waals surface area contributed by atoms with Crippen molar-refractivity contribution in [3.05, 3.63) is 33.5 Å². The number of thiazole rings is 1. The van der Waals surface area contributed by atoms with E-state index in [0.29, 0.717) is 24.9 Å². The Morgan fingerprint density at radius 2 is 2.00 bits per heavy atom. The van der Waals surface area contributed by atoms with Crippen LogP contribution in [0.1, 0.15) is 33.2 Å². The minimum Gasteiger partial charge on any atom is -0.338 e. The Morgan fingerprint density at radius 3 is 2.58 bits per heavy atom. The van der Waals surface area contributed by atoms with E-state index in [0.717, 1.165) is 30.3 Å². The summed E-state index contributed by atoms with van der Waals surface area (Å²) in [6.45, 7) is 5.91. The number of nitrogens with zero attached hydrogens (tertiary/aromatic N) is 5. The summed E-state index contributed by atoms with van der Waals surface area (Å²) in [5.41, 5.74) is 0.699. The summed E-state index contributed by atoms with van der Waals surface area (Å²) in [6.07, 6.45) is -1.34. The maximum absolute atomic E-state index is 13.1. The monoisotopic (exact) mass is 381 g/mol. The van der Waals surface area contributed by atoms with Gasteiger partial charge >= 0.3 is 0 Å². The number of carbonyl (C=O) groups is 1. The van der Waals surface area contributed by atoms with Gasteiger partial charge in [-0.15, -0.1) is 11.3 Å². The van der Waals surface area contributed by atoms with Crippen molar-refractivity contribution in [3.8, 4) is 0 Å². The van der Waals surface area contributed by atoms with Crippen molar-refractivity contribution in [3.63, 3.8) is 0 Å². The predicted molar refractivity (Wildman–Crippen MR) is 93.2 cm³/mol. The second kappa shape index (κ2) is 6.70. The molecule has 2 aliphatic rings. The Balaban J connectivity index is 1.39. The molecule has 2 aromatic rings. The molecule has 0 spiro atoms. The van der Waals surface area contributed by atoms with Gasteiger partial charge in [0.2, 0.25) is 0 Å². The molecule has 26 heavy (non-hydrogen) atoms. The predicted octanol–water partition coefficient (Wildman–Crippen LogP) is 2.33. The van der Waals surface area contributed by atoms with E-state index in [2.05, 4.69) is 20.4 Å². The molecule has 0 radical (unpaired) electrons. The first-order valence-corrected chi connectivity index (χ1v) is 9.53. The fourth-order valence-electron chi connectivity index (χ4n) is 4.10. The van der Waals surface area contributed by atoms with Crippen molar-refractivity contribution in [1.29, 1.82) is 0 Å². The van der Waals surface area contributed by atoms with Crippen LogP contribution in [0.5, 0.6) is 0 Å². The summed E-state index contributed by atoms with van der Waals surface area (Å²) in [5, 5.41) is 6.90. The first-order valence-electron chi connectivity index (χ1n) is 8.65. The quantitative estimate of drug-likeness (QED) is 0.816. The average Bonchev–Trinajstić information content (AvgIpc) is 3.30. The lowest BCUT2D eigenvalue weighted by Gasteiger charge is -2.21. The highest BCUT2D eigenvalue weighted by molar-refractivity contribution is 7.09. The third-order valence-corrected chi connectivity index (χ3v) is 6.02. The van der Waals surface area contributed by atoms with Gasteiger partial charge in [0, 0.05) is 51.3 Å². The normalized spacial score (nSPS) is 23.2. The van der Waals surface area contributed by atoms with E-state index in [1.54, 1.807) is 23.3 Å². The van der Waals surface area contributed by atoms with Gasteiger partial charge in [-0.3, -0.25) is 14.4 Å². The standard InChI is InChI=1S/C17H21F2N5OS/c1-10-20-13(9-26-10)7-23-3-11-5-24(6-12(11)4-23)17(25)14-8-22(2)21-15(14)16(18)19/h8-9,11-12,16H,3-7H2,1-2H3/t11-,12-/m1/s1. The molecule has 0 saturated carbocycles. The Morgan fingerprint density at radius 1 is 1.31 bits per heavy atom. The second-order valence-corrected chi connectivity index (χ2v) is 8.25. The Hall–Kier alpha value is -1.87. The van der Waals surface area contributed by atoms with Crippen LogP contribution in [-0.4, -0.2) is 56.7 Å². The van der Waals surface area contributed by atoms with Gasteiger partial charge in [0.05, 0.1) is 16.3 Å². The number of alkyl halides is 2. The van der Waals surface area contributed by atoms with Crippen molar-refractivity contribution in [2.24, 2.45) is 18.9 Å². The van der Waals surface area contributed by atoms with E-state index >= 15 is 0 Å². The molecule has 2 saturated heterocycles. The summed E-state index contributed by atoms with van der Waals surface area (Å²) < 4.78 is 27.5. The van der Waals surface area contributed by atoms with Crippen LogP contribution in [-0.2, 0) is 13.6 Å². The fraction of sp³-hybridized carbons (Fsp3) is 0.588. The zero-order chi connectivity index (χ0) is 18.4. The number of aromatic nitrogens is 3. The van der Waals surface area contributed by atoms with Gasteiger partial charge in [-0.2, -0.15) is 5.10 Å². The second-order valence-electron chi connectivity index (χ2n) is 7.18. The lowest BCUT2D eigenvalue weighted by atomic mass is 10.0. The molecule has 0 unspecified atom stereocenters. The largest absolute Gasteiger partial charge is 0.338 e.